The minimum Gasteiger partial charge on any atom is -0.482 e. The topological polar surface area (TPSA) is 81.7 Å². The van der Waals surface area contributed by atoms with Crippen molar-refractivity contribution in [3.05, 3.63) is 54.1 Å². The van der Waals surface area contributed by atoms with Gasteiger partial charge in [0.1, 0.15) is 5.75 Å². The summed E-state index contributed by atoms with van der Waals surface area (Å²) in [5, 5.41) is 2.70. The SMILES string of the molecule is CCC(=O)c1ccc(OCC(=O)OCC(=O)Nc2ccccc2SC)cc1. The molecule has 0 spiro atoms. The van der Waals surface area contributed by atoms with Gasteiger partial charge in [0, 0.05) is 16.9 Å². The quantitative estimate of drug-likeness (QED) is 0.402. The number of carbonyl (C=O) groups is 3. The Kier molecular flexibility index (Phi) is 7.88. The average molecular weight is 387 g/mol. The summed E-state index contributed by atoms with van der Waals surface area (Å²) >= 11 is 1.51. The lowest BCUT2D eigenvalue weighted by molar-refractivity contribution is -0.149. The number of esters is 1. The van der Waals surface area contributed by atoms with Crippen molar-refractivity contribution in [1.82, 2.24) is 0 Å². The highest BCUT2D eigenvalue weighted by Gasteiger charge is 2.11. The Hall–Kier alpha value is -2.80. The molecule has 0 unspecified atom stereocenters. The Labute approximate surface area is 162 Å². The Morgan fingerprint density at radius 2 is 1.70 bits per heavy atom. The van der Waals surface area contributed by atoms with Gasteiger partial charge in [-0.05, 0) is 42.7 Å². The van der Waals surface area contributed by atoms with E-state index in [1.165, 1.54) is 11.8 Å². The minimum absolute atomic E-state index is 0.0371. The molecular weight excluding hydrogens is 366 g/mol. The molecule has 0 aliphatic heterocycles. The Balaban J connectivity index is 1.75. The minimum atomic E-state index is -0.656. The Morgan fingerprint density at radius 1 is 1.00 bits per heavy atom. The van der Waals surface area contributed by atoms with Gasteiger partial charge in [0.05, 0.1) is 5.69 Å². The monoisotopic (exact) mass is 387 g/mol. The number of Topliss-reactive ketones (excluding diaryl/α,β-unsaturated/α-hetero) is 1. The van der Waals surface area contributed by atoms with E-state index in [9.17, 15) is 14.4 Å². The van der Waals surface area contributed by atoms with E-state index in [2.05, 4.69) is 5.32 Å². The maximum absolute atomic E-state index is 11.9. The zero-order valence-corrected chi connectivity index (χ0v) is 16.0. The normalized spacial score (nSPS) is 10.1. The zero-order chi connectivity index (χ0) is 19.6. The highest BCUT2D eigenvalue weighted by molar-refractivity contribution is 7.98. The van der Waals surface area contributed by atoms with Crippen LogP contribution in [0.15, 0.2) is 53.4 Å². The van der Waals surface area contributed by atoms with Crippen molar-refractivity contribution in [3.63, 3.8) is 0 Å². The summed E-state index contributed by atoms with van der Waals surface area (Å²) in [4.78, 5) is 36.1. The number of thioether (sulfide) groups is 1. The fraction of sp³-hybridized carbons (Fsp3) is 0.250. The van der Waals surface area contributed by atoms with Gasteiger partial charge >= 0.3 is 5.97 Å². The summed E-state index contributed by atoms with van der Waals surface area (Å²) in [5.74, 6) is -0.600. The average Bonchev–Trinajstić information content (AvgIpc) is 2.71. The summed E-state index contributed by atoms with van der Waals surface area (Å²) < 4.78 is 10.2. The molecule has 0 aromatic heterocycles. The molecule has 0 heterocycles. The highest BCUT2D eigenvalue weighted by atomic mass is 32.2. The van der Waals surface area contributed by atoms with E-state index in [1.807, 2.05) is 24.5 Å². The number of anilines is 1. The smallest absolute Gasteiger partial charge is 0.344 e. The molecular formula is C20H21NO5S. The van der Waals surface area contributed by atoms with Gasteiger partial charge in [-0.15, -0.1) is 11.8 Å². The van der Waals surface area contributed by atoms with Crippen LogP contribution in [0.2, 0.25) is 0 Å². The van der Waals surface area contributed by atoms with Gasteiger partial charge in [0.15, 0.2) is 19.0 Å². The third-order valence-corrected chi connectivity index (χ3v) is 4.40. The first-order valence-electron chi connectivity index (χ1n) is 8.38. The Bertz CT molecular complexity index is 804. The number of para-hydroxylation sites is 1. The molecule has 1 amide bonds. The lowest BCUT2D eigenvalue weighted by Crippen LogP contribution is -2.23. The number of amides is 1. The molecule has 0 atom stereocenters. The second kappa shape index (κ2) is 10.4. The van der Waals surface area contributed by atoms with Crippen molar-refractivity contribution >= 4 is 35.1 Å². The van der Waals surface area contributed by atoms with E-state index >= 15 is 0 Å². The molecule has 0 fully saturated rings. The number of benzene rings is 2. The lowest BCUT2D eigenvalue weighted by Gasteiger charge is -2.10. The van der Waals surface area contributed by atoms with Crippen molar-refractivity contribution in [3.8, 4) is 5.75 Å². The molecule has 2 aromatic carbocycles. The summed E-state index contributed by atoms with van der Waals surface area (Å²) in [6, 6.07) is 13.9. The van der Waals surface area contributed by atoms with Crippen LogP contribution in [0.1, 0.15) is 23.7 Å². The first-order valence-corrected chi connectivity index (χ1v) is 9.60. The molecule has 0 aliphatic carbocycles. The van der Waals surface area contributed by atoms with Crippen LogP contribution in [-0.2, 0) is 14.3 Å². The van der Waals surface area contributed by atoms with E-state index in [0.717, 1.165) is 4.90 Å². The van der Waals surface area contributed by atoms with Crippen LogP contribution in [-0.4, -0.2) is 37.1 Å². The lowest BCUT2D eigenvalue weighted by atomic mass is 10.1. The molecule has 6 nitrogen and oxygen atoms in total. The number of hydrogen-bond acceptors (Lipinski definition) is 6. The van der Waals surface area contributed by atoms with Crippen molar-refractivity contribution in [2.75, 3.05) is 24.8 Å². The first kappa shape index (κ1) is 20.5. The molecule has 27 heavy (non-hydrogen) atoms. The number of carbonyl (C=O) groups excluding carboxylic acids is 3. The number of rotatable bonds is 9. The molecule has 0 aliphatic rings. The van der Waals surface area contributed by atoms with Crippen LogP contribution < -0.4 is 10.1 Å². The fourth-order valence-electron chi connectivity index (χ4n) is 2.21. The molecule has 142 valence electrons. The Morgan fingerprint density at radius 3 is 2.37 bits per heavy atom. The summed E-state index contributed by atoms with van der Waals surface area (Å²) in [5.41, 5.74) is 1.26. The van der Waals surface area contributed by atoms with E-state index in [0.29, 0.717) is 23.4 Å². The van der Waals surface area contributed by atoms with Crippen molar-refractivity contribution in [1.29, 1.82) is 0 Å². The molecule has 7 heteroatoms. The van der Waals surface area contributed by atoms with Crippen LogP contribution in [0.5, 0.6) is 5.75 Å². The highest BCUT2D eigenvalue weighted by Crippen LogP contribution is 2.24. The molecule has 0 saturated carbocycles. The van der Waals surface area contributed by atoms with Gasteiger partial charge in [0.2, 0.25) is 0 Å². The molecule has 2 rings (SSSR count). The maximum Gasteiger partial charge on any atom is 0.344 e. The van der Waals surface area contributed by atoms with Crippen molar-refractivity contribution < 1.29 is 23.9 Å². The summed E-state index contributed by atoms with van der Waals surface area (Å²) in [6.07, 6.45) is 2.34. The van der Waals surface area contributed by atoms with Crippen molar-refractivity contribution in [2.45, 2.75) is 18.2 Å². The standard InChI is InChI=1S/C20H21NO5S/c1-3-17(22)14-8-10-15(11-9-14)25-13-20(24)26-12-19(23)21-16-6-4-5-7-18(16)27-2/h4-11H,3,12-13H2,1-2H3,(H,21,23). The number of ether oxygens (including phenoxy) is 2. The number of nitrogens with one attached hydrogen (secondary N) is 1. The van der Waals surface area contributed by atoms with Gasteiger partial charge in [-0.2, -0.15) is 0 Å². The van der Waals surface area contributed by atoms with Gasteiger partial charge in [-0.1, -0.05) is 19.1 Å². The molecule has 2 aromatic rings. The molecule has 1 N–H and O–H groups in total. The fourth-order valence-corrected chi connectivity index (χ4v) is 2.76. The summed E-state index contributed by atoms with van der Waals surface area (Å²) in [7, 11) is 0. The van der Waals surface area contributed by atoms with Gasteiger partial charge in [-0.25, -0.2) is 4.79 Å². The predicted octanol–water partition coefficient (Wildman–Crippen LogP) is 3.56. The van der Waals surface area contributed by atoms with Gasteiger partial charge in [-0.3, -0.25) is 9.59 Å². The number of ketones is 1. The van der Waals surface area contributed by atoms with E-state index in [4.69, 9.17) is 9.47 Å². The van der Waals surface area contributed by atoms with Crippen LogP contribution in [0.3, 0.4) is 0 Å². The molecule has 0 saturated heterocycles. The predicted molar refractivity (Wildman–Crippen MR) is 104 cm³/mol. The van der Waals surface area contributed by atoms with Crippen LogP contribution in [0.4, 0.5) is 5.69 Å². The third-order valence-electron chi connectivity index (χ3n) is 3.60. The van der Waals surface area contributed by atoms with Crippen molar-refractivity contribution in [2.24, 2.45) is 0 Å². The van der Waals surface area contributed by atoms with Gasteiger partial charge in [0.25, 0.3) is 5.91 Å². The van der Waals surface area contributed by atoms with Gasteiger partial charge < -0.3 is 14.8 Å². The van der Waals surface area contributed by atoms with E-state index < -0.39 is 18.5 Å². The molecule has 0 radical (unpaired) electrons. The molecule has 0 bridgehead atoms. The second-order valence-electron chi connectivity index (χ2n) is 5.50. The van der Waals surface area contributed by atoms with Crippen LogP contribution >= 0.6 is 11.8 Å². The second-order valence-corrected chi connectivity index (χ2v) is 6.35. The number of hydrogen-bond donors (Lipinski definition) is 1. The van der Waals surface area contributed by atoms with Crippen LogP contribution in [0, 0.1) is 0 Å². The van der Waals surface area contributed by atoms with E-state index in [1.54, 1.807) is 37.3 Å². The largest absolute Gasteiger partial charge is 0.482 e. The summed E-state index contributed by atoms with van der Waals surface area (Å²) in [6.45, 7) is 1.07. The van der Waals surface area contributed by atoms with E-state index in [-0.39, 0.29) is 12.4 Å². The third kappa shape index (κ3) is 6.45. The van der Waals surface area contributed by atoms with Crippen LogP contribution in [0.25, 0.3) is 0 Å². The maximum atomic E-state index is 11.9. The zero-order valence-electron chi connectivity index (χ0n) is 15.2. The first-order chi connectivity index (χ1) is 13.0.